The largest absolute Gasteiger partial charge is 0.497 e. The Kier molecular flexibility index (Phi) is 4.54. The van der Waals surface area contributed by atoms with Gasteiger partial charge in [0.2, 0.25) is 0 Å². The van der Waals surface area contributed by atoms with Gasteiger partial charge in [0.25, 0.3) is 0 Å². The summed E-state index contributed by atoms with van der Waals surface area (Å²) in [4.78, 5) is 24.6. The van der Waals surface area contributed by atoms with Crippen molar-refractivity contribution in [3.63, 3.8) is 0 Å². The molecule has 1 aliphatic rings. The number of methoxy groups -OCH3 is 1. The SMILES string of the molecule is COc1ccc(CNC(=O)N2CCC(C)(C(=O)O)C2)c(F)c1. The number of urea groups is 1. The number of benzene rings is 1. The van der Waals surface area contributed by atoms with Gasteiger partial charge in [0.05, 0.1) is 12.5 Å². The number of carboxylic acids is 1. The molecule has 0 spiro atoms. The lowest BCUT2D eigenvalue weighted by Crippen LogP contribution is -2.40. The Morgan fingerprint density at radius 1 is 1.50 bits per heavy atom. The van der Waals surface area contributed by atoms with Crippen LogP contribution in [0.25, 0.3) is 0 Å². The maximum Gasteiger partial charge on any atom is 0.317 e. The van der Waals surface area contributed by atoms with E-state index in [2.05, 4.69) is 5.32 Å². The number of halogens is 1. The summed E-state index contributed by atoms with van der Waals surface area (Å²) in [5.41, 5.74) is -0.572. The number of carbonyl (C=O) groups excluding carboxylic acids is 1. The Bertz CT molecular complexity index is 593. The molecule has 1 aromatic carbocycles. The Labute approximate surface area is 127 Å². The molecule has 120 valence electrons. The van der Waals surface area contributed by atoms with E-state index in [0.29, 0.717) is 24.3 Å². The van der Waals surface area contributed by atoms with Gasteiger partial charge in [-0.25, -0.2) is 9.18 Å². The number of nitrogens with zero attached hydrogens (tertiary/aromatic N) is 1. The molecule has 1 saturated heterocycles. The first-order valence-electron chi connectivity index (χ1n) is 6.94. The molecule has 1 aromatic rings. The number of ether oxygens (including phenoxy) is 1. The van der Waals surface area contributed by atoms with E-state index in [9.17, 15) is 14.0 Å². The van der Waals surface area contributed by atoms with Gasteiger partial charge >= 0.3 is 12.0 Å². The van der Waals surface area contributed by atoms with Crippen LogP contribution in [0.3, 0.4) is 0 Å². The topological polar surface area (TPSA) is 78.9 Å². The lowest BCUT2D eigenvalue weighted by molar-refractivity contribution is -0.147. The van der Waals surface area contributed by atoms with E-state index in [1.807, 2.05) is 0 Å². The minimum atomic E-state index is -0.914. The quantitative estimate of drug-likeness (QED) is 0.889. The minimum Gasteiger partial charge on any atom is -0.497 e. The predicted molar refractivity (Wildman–Crippen MR) is 77.1 cm³/mol. The first-order valence-corrected chi connectivity index (χ1v) is 6.94. The van der Waals surface area contributed by atoms with Crippen molar-refractivity contribution < 1.29 is 23.8 Å². The van der Waals surface area contributed by atoms with Crippen LogP contribution in [0.15, 0.2) is 18.2 Å². The van der Waals surface area contributed by atoms with E-state index in [1.165, 1.54) is 18.1 Å². The lowest BCUT2D eigenvalue weighted by Gasteiger charge is -2.20. The van der Waals surface area contributed by atoms with Crippen molar-refractivity contribution in [3.05, 3.63) is 29.6 Å². The highest BCUT2D eigenvalue weighted by molar-refractivity contribution is 5.79. The summed E-state index contributed by atoms with van der Waals surface area (Å²) >= 11 is 0. The molecule has 0 radical (unpaired) electrons. The van der Waals surface area contributed by atoms with Gasteiger partial charge in [-0.05, 0) is 19.4 Å². The Morgan fingerprint density at radius 2 is 2.23 bits per heavy atom. The van der Waals surface area contributed by atoms with Gasteiger partial charge in [-0.2, -0.15) is 0 Å². The van der Waals surface area contributed by atoms with E-state index >= 15 is 0 Å². The molecule has 6 nitrogen and oxygen atoms in total. The van der Waals surface area contributed by atoms with Crippen LogP contribution in [0.5, 0.6) is 5.75 Å². The van der Waals surface area contributed by atoms with E-state index in [-0.39, 0.29) is 19.1 Å². The summed E-state index contributed by atoms with van der Waals surface area (Å²) in [5, 5.41) is 11.8. The number of amides is 2. The zero-order valence-corrected chi connectivity index (χ0v) is 12.6. The number of hydrogen-bond acceptors (Lipinski definition) is 3. The van der Waals surface area contributed by atoms with Gasteiger partial charge in [-0.3, -0.25) is 4.79 Å². The summed E-state index contributed by atoms with van der Waals surface area (Å²) in [6.45, 7) is 2.18. The van der Waals surface area contributed by atoms with Crippen LogP contribution >= 0.6 is 0 Å². The molecule has 0 aromatic heterocycles. The fourth-order valence-corrected chi connectivity index (χ4v) is 2.39. The number of nitrogens with one attached hydrogen (secondary N) is 1. The maximum absolute atomic E-state index is 13.8. The number of rotatable bonds is 4. The highest BCUT2D eigenvalue weighted by Gasteiger charge is 2.42. The van der Waals surface area contributed by atoms with Gasteiger partial charge in [0.1, 0.15) is 11.6 Å². The molecule has 1 unspecified atom stereocenters. The predicted octanol–water partition coefficient (Wildman–Crippen LogP) is 1.84. The second kappa shape index (κ2) is 6.21. The number of aliphatic carboxylic acids is 1. The van der Waals surface area contributed by atoms with Gasteiger partial charge in [0.15, 0.2) is 0 Å². The maximum atomic E-state index is 13.8. The van der Waals surface area contributed by atoms with Crippen molar-refractivity contribution in [2.75, 3.05) is 20.2 Å². The molecular formula is C15H19FN2O4. The smallest absolute Gasteiger partial charge is 0.317 e. The number of carbonyl (C=O) groups is 2. The molecule has 1 atom stereocenters. The second-order valence-corrected chi connectivity index (χ2v) is 5.65. The van der Waals surface area contributed by atoms with Crippen LogP contribution in [0, 0.1) is 11.2 Å². The molecule has 0 bridgehead atoms. The van der Waals surface area contributed by atoms with Crippen LogP contribution in [-0.2, 0) is 11.3 Å². The van der Waals surface area contributed by atoms with Crippen LogP contribution in [-0.4, -0.2) is 42.2 Å². The molecule has 7 heteroatoms. The zero-order chi connectivity index (χ0) is 16.3. The summed E-state index contributed by atoms with van der Waals surface area (Å²) < 4.78 is 18.7. The van der Waals surface area contributed by atoms with Crippen molar-refractivity contribution in [3.8, 4) is 5.75 Å². The third-order valence-electron chi connectivity index (χ3n) is 3.97. The summed E-state index contributed by atoms with van der Waals surface area (Å²) in [6, 6.07) is 4.01. The van der Waals surface area contributed by atoms with Crippen molar-refractivity contribution in [2.24, 2.45) is 5.41 Å². The fourth-order valence-electron chi connectivity index (χ4n) is 2.39. The molecular weight excluding hydrogens is 291 g/mol. The van der Waals surface area contributed by atoms with Gasteiger partial charge < -0.3 is 20.1 Å². The molecule has 2 N–H and O–H groups in total. The third-order valence-corrected chi connectivity index (χ3v) is 3.97. The Hall–Kier alpha value is -2.31. The van der Waals surface area contributed by atoms with E-state index in [1.54, 1.807) is 19.1 Å². The molecule has 22 heavy (non-hydrogen) atoms. The highest BCUT2D eigenvalue weighted by Crippen LogP contribution is 2.30. The monoisotopic (exact) mass is 310 g/mol. The van der Waals surface area contributed by atoms with Crippen LogP contribution in [0.4, 0.5) is 9.18 Å². The van der Waals surface area contributed by atoms with Gasteiger partial charge in [-0.15, -0.1) is 0 Å². The summed E-state index contributed by atoms with van der Waals surface area (Å²) in [7, 11) is 1.45. The average molecular weight is 310 g/mol. The Balaban J connectivity index is 1.93. The molecule has 1 aliphatic heterocycles. The number of likely N-dealkylation sites (tertiary alicyclic amines) is 1. The minimum absolute atomic E-state index is 0.0367. The molecule has 1 fully saturated rings. The molecule has 1 heterocycles. The van der Waals surface area contributed by atoms with E-state index in [4.69, 9.17) is 9.84 Å². The second-order valence-electron chi connectivity index (χ2n) is 5.65. The van der Waals surface area contributed by atoms with Gasteiger partial charge in [0, 0.05) is 31.3 Å². The van der Waals surface area contributed by atoms with Crippen molar-refractivity contribution in [1.29, 1.82) is 0 Å². The molecule has 0 aliphatic carbocycles. The Morgan fingerprint density at radius 3 is 2.77 bits per heavy atom. The van der Waals surface area contributed by atoms with Crippen LogP contribution in [0.1, 0.15) is 18.9 Å². The first kappa shape index (κ1) is 16.1. The van der Waals surface area contributed by atoms with E-state index < -0.39 is 17.2 Å². The van der Waals surface area contributed by atoms with Crippen LogP contribution in [0.2, 0.25) is 0 Å². The number of carboxylic acid groups (broad SMARTS) is 1. The first-order chi connectivity index (χ1) is 10.4. The van der Waals surface area contributed by atoms with Crippen molar-refractivity contribution >= 4 is 12.0 Å². The highest BCUT2D eigenvalue weighted by atomic mass is 19.1. The fraction of sp³-hybridized carbons (Fsp3) is 0.467. The summed E-state index contributed by atoms with van der Waals surface area (Å²) in [5.74, 6) is -0.968. The standard InChI is InChI=1S/C15H19FN2O4/c1-15(13(19)20)5-6-18(9-15)14(21)17-8-10-3-4-11(22-2)7-12(10)16/h3-4,7H,5-6,8-9H2,1-2H3,(H,17,21)(H,19,20). The van der Waals surface area contributed by atoms with Crippen LogP contribution < -0.4 is 10.1 Å². The van der Waals surface area contributed by atoms with Crippen molar-refractivity contribution in [2.45, 2.75) is 19.9 Å². The van der Waals surface area contributed by atoms with E-state index in [0.717, 1.165) is 0 Å². The van der Waals surface area contributed by atoms with Crippen molar-refractivity contribution in [1.82, 2.24) is 10.2 Å². The van der Waals surface area contributed by atoms with Gasteiger partial charge in [-0.1, -0.05) is 6.07 Å². The lowest BCUT2D eigenvalue weighted by atomic mass is 9.90. The molecule has 2 amide bonds. The molecule has 0 saturated carbocycles. The number of hydrogen-bond donors (Lipinski definition) is 2. The summed E-state index contributed by atoms with van der Waals surface area (Å²) in [6.07, 6.45) is 0.409. The zero-order valence-electron chi connectivity index (χ0n) is 12.6. The molecule has 2 rings (SSSR count). The normalized spacial score (nSPS) is 20.8. The third kappa shape index (κ3) is 3.29. The average Bonchev–Trinajstić information content (AvgIpc) is 2.89.